The average Bonchev–Trinajstić information content (AvgIpc) is 2.91. The van der Waals surface area contributed by atoms with E-state index < -0.39 is 0 Å². The number of unbranched alkanes of at least 4 members (excludes halogenated alkanes) is 5. The average molecular weight is 504 g/mol. The van der Waals surface area contributed by atoms with Gasteiger partial charge >= 0.3 is 0 Å². The summed E-state index contributed by atoms with van der Waals surface area (Å²) in [6.45, 7) is 3.21. The smallest absolute Gasteiger partial charge is 0.203 e. The summed E-state index contributed by atoms with van der Waals surface area (Å²) in [6, 6.07) is 13.5. The van der Waals surface area contributed by atoms with Gasteiger partial charge in [-0.15, -0.1) is 0 Å². The van der Waals surface area contributed by atoms with E-state index in [-0.39, 0.29) is 0 Å². The number of anilines is 4. The lowest BCUT2D eigenvalue weighted by Gasteiger charge is -2.16. The molecule has 0 aliphatic rings. The largest absolute Gasteiger partial charge is 0.493 e. The summed E-state index contributed by atoms with van der Waals surface area (Å²) in [5, 5.41) is 6.87. The number of aromatic nitrogens is 2. The van der Waals surface area contributed by atoms with E-state index in [1.807, 2.05) is 30.3 Å². The molecule has 0 aliphatic heterocycles. The lowest BCUT2D eigenvalue weighted by molar-refractivity contribution is 0.324. The van der Waals surface area contributed by atoms with Crippen LogP contribution in [0.3, 0.4) is 0 Å². The van der Waals surface area contributed by atoms with Crippen LogP contribution in [-0.2, 0) is 0 Å². The molecule has 4 N–H and O–H groups in total. The van der Waals surface area contributed by atoms with E-state index in [4.69, 9.17) is 29.9 Å². The maximum absolute atomic E-state index is 6.40. The summed E-state index contributed by atoms with van der Waals surface area (Å²) in [6.07, 6.45) is 7.68. The molecule has 0 fully saturated rings. The van der Waals surface area contributed by atoms with Crippen LogP contribution in [-0.4, -0.2) is 37.8 Å². The molecule has 0 spiro atoms. The molecule has 8 nitrogen and oxygen atoms in total. The van der Waals surface area contributed by atoms with E-state index in [1.165, 1.54) is 38.5 Å². The summed E-state index contributed by atoms with van der Waals surface area (Å²) in [4.78, 5) is 9.68. The minimum absolute atomic E-state index is 0.528. The molecule has 0 saturated carbocycles. The van der Waals surface area contributed by atoms with Crippen LogP contribution in [0.5, 0.6) is 17.2 Å². The number of nitrogen functional groups attached to an aromatic ring is 1. The molecule has 3 aromatic carbocycles. The number of hydrogen-bond acceptors (Lipinski definition) is 8. The standard InChI is InChI=1S/C29H37N5O3/c1-5-6-7-8-9-10-13-31-19-11-12-22-24(14-19)34-25-17-21(30)23(18-26(25)33-22)32-20-15-27(35-2)29(37-4)28(16-20)36-3/h11-12,14-18,31-32H,5-10,13,30H2,1-4H3. The fraction of sp³-hybridized carbons (Fsp3) is 0.379. The molecule has 0 radical (unpaired) electrons. The Bertz CT molecular complexity index is 1330. The Morgan fingerprint density at radius 3 is 2.05 bits per heavy atom. The van der Waals surface area contributed by atoms with Crippen LogP contribution in [0.4, 0.5) is 22.7 Å². The molecule has 4 aromatic rings. The maximum Gasteiger partial charge on any atom is 0.203 e. The van der Waals surface area contributed by atoms with Crippen LogP contribution in [0, 0.1) is 0 Å². The van der Waals surface area contributed by atoms with Crippen LogP contribution < -0.4 is 30.6 Å². The summed E-state index contributed by atoms with van der Waals surface area (Å²) in [5.74, 6) is 1.63. The number of benzene rings is 3. The first-order valence-electron chi connectivity index (χ1n) is 12.9. The number of nitrogens with one attached hydrogen (secondary N) is 2. The third kappa shape index (κ3) is 6.25. The second-order valence-corrected chi connectivity index (χ2v) is 9.09. The van der Waals surface area contributed by atoms with Gasteiger partial charge in [-0.1, -0.05) is 39.0 Å². The minimum atomic E-state index is 0.528. The van der Waals surface area contributed by atoms with Crippen molar-refractivity contribution in [1.82, 2.24) is 9.97 Å². The van der Waals surface area contributed by atoms with Gasteiger partial charge < -0.3 is 30.6 Å². The van der Waals surface area contributed by atoms with Gasteiger partial charge in [-0.05, 0) is 36.8 Å². The van der Waals surface area contributed by atoms with E-state index in [1.54, 1.807) is 21.3 Å². The van der Waals surface area contributed by atoms with Crippen molar-refractivity contribution in [2.24, 2.45) is 0 Å². The number of methoxy groups -OCH3 is 3. The van der Waals surface area contributed by atoms with Crippen molar-refractivity contribution >= 4 is 44.8 Å². The zero-order chi connectivity index (χ0) is 26.2. The van der Waals surface area contributed by atoms with E-state index in [9.17, 15) is 0 Å². The van der Waals surface area contributed by atoms with Crippen LogP contribution in [0.25, 0.3) is 22.1 Å². The van der Waals surface area contributed by atoms with Gasteiger partial charge in [0.05, 0.1) is 54.8 Å². The van der Waals surface area contributed by atoms with Crippen molar-refractivity contribution in [1.29, 1.82) is 0 Å². The molecule has 1 aromatic heterocycles. The number of ether oxygens (including phenoxy) is 3. The molecule has 0 atom stereocenters. The first-order valence-corrected chi connectivity index (χ1v) is 12.9. The second-order valence-electron chi connectivity index (χ2n) is 9.09. The highest BCUT2D eigenvalue weighted by Gasteiger charge is 2.14. The molecular weight excluding hydrogens is 466 g/mol. The highest BCUT2D eigenvalue weighted by molar-refractivity contribution is 5.93. The van der Waals surface area contributed by atoms with Crippen LogP contribution in [0.1, 0.15) is 45.4 Å². The number of fused-ring (bicyclic) bond motifs is 2. The molecule has 0 amide bonds. The Morgan fingerprint density at radius 2 is 1.35 bits per heavy atom. The van der Waals surface area contributed by atoms with E-state index in [2.05, 4.69) is 29.7 Å². The van der Waals surface area contributed by atoms with Crippen LogP contribution in [0.15, 0.2) is 42.5 Å². The molecule has 0 aliphatic carbocycles. The Labute approximate surface area is 218 Å². The van der Waals surface area contributed by atoms with Gasteiger partial charge in [0, 0.05) is 30.1 Å². The van der Waals surface area contributed by atoms with Gasteiger partial charge in [0.1, 0.15) is 0 Å². The summed E-state index contributed by atoms with van der Waals surface area (Å²) < 4.78 is 16.3. The number of nitrogens with zero attached hydrogens (tertiary/aromatic N) is 2. The highest BCUT2D eigenvalue weighted by atomic mass is 16.5. The second kappa shape index (κ2) is 12.3. The first-order chi connectivity index (χ1) is 18.1. The molecular formula is C29H37N5O3. The summed E-state index contributed by atoms with van der Waals surface area (Å²) in [5.41, 5.74) is 12.7. The molecule has 0 bridgehead atoms. The van der Waals surface area contributed by atoms with Crippen LogP contribution in [0.2, 0.25) is 0 Å². The fourth-order valence-corrected chi connectivity index (χ4v) is 4.40. The zero-order valence-corrected chi connectivity index (χ0v) is 22.2. The van der Waals surface area contributed by atoms with Gasteiger partial charge in [0.15, 0.2) is 11.5 Å². The Morgan fingerprint density at radius 1 is 0.703 bits per heavy atom. The number of rotatable bonds is 13. The van der Waals surface area contributed by atoms with Crippen LogP contribution >= 0.6 is 0 Å². The van der Waals surface area contributed by atoms with Gasteiger partial charge in [-0.2, -0.15) is 0 Å². The topological polar surface area (TPSA) is 104 Å². The molecule has 1 heterocycles. The molecule has 196 valence electrons. The van der Waals surface area contributed by atoms with Gasteiger partial charge in [-0.25, -0.2) is 9.97 Å². The molecule has 0 unspecified atom stereocenters. The predicted molar refractivity (Wildman–Crippen MR) is 153 cm³/mol. The van der Waals surface area contributed by atoms with Crippen molar-refractivity contribution < 1.29 is 14.2 Å². The quantitative estimate of drug-likeness (QED) is 0.103. The van der Waals surface area contributed by atoms with Crippen molar-refractivity contribution in [3.05, 3.63) is 42.5 Å². The highest BCUT2D eigenvalue weighted by Crippen LogP contribution is 2.41. The minimum Gasteiger partial charge on any atom is -0.493 e. The Hall–Kier alpha value is -3.94. The van der Waals surface area contributed by atoms with E-state index in [0.29, 0.717) is 28.6 Å². The van der Waals surface area contributed by atoms with Crippen molar-refractivity contribution in [3.8, 4) is 17.2 Å². The SMILES string of the molecule is CCCCCCCCNc1ccc2nc3cc(Nc4cc(OC)c(OC)c(OC)c4)c(N)cc3nc2c1. The molecule has 0 saturated heterocycles. The van der Waals surface area contributed by atoms with Gasteiger partial charge in [0.25, 0.3) is 0 Å². The summed E-state index contributed by atoms with van der Waals surface area (Å²) in [7, 11) is 4.75. The monoisotopic (exact) mass is 503 g/mol. The first kappa shape index (κ1) is 26.1. The third-order valence-electron chi connectivity index (χ3n) is 6.41. The Kier molecular flexibility index (Phi) is 8.72. The molecule has 8 heteroatoms. The number of hydrogen-bond donors (Lipinski definition) is 3. The number of nitrogens with two attached hydrogens (primary N) is 1. The lowest BCUT2D eigenvalue weighted by Crippen LogP contribution is -2.02. The lowest BCUT2D eigenvalue weighted by atomic mass is 10.1. The summed E-state index contributed by atoms with van der Waals surface area (Å²) >= 11 is 0. The van der Waals surface area contributed by atoms with E-state index >= 15 is 0 Å². The van der Waals surface area contributed by atoms with Gasteiger partial charge in [0.2, 0.25) is 5.75 Å². The maximum atomic E-state index is 6.40. The van der Waals surface area contributed by atoms with Crippen molar-refractivity contribution in [3.63, 3.8) is 0 Å². The molecule has 37 heavy (non-hydrogen) atoms. The van der Waals surface area contributed by atoms with Gasteiger partial charge in [-0.3, -0.25) is 0 Å². The van der Waals surface area contributed by atoms with Crippen molar-refractivity contribution in [2.45, 2.75) is 45.4 Å². The van der Waals surface area contributed by atoms with Crippen molar-refractivity contribution in [2.75, 3.05) is 44.2 Å². The normalized spacial score (nSPS) is 11.0. The van der Waals surface area contributed by atoms with E-state index in [0.717, 1.165) is 40.0 Å². The third-order valence-corrected chi connectivity index (χ3v) is 6.41. The Balaban J connectivity index is 1.52. The predicted octanol–water partition coefficient (Wildman–Crippen LogP) is 6.91. The molecule has 4 rings (SSSR count). The zero-order valence-electron chi connectivity index (χ0n) is 22.2. The fourth-order valence-electron chi connectivity index (χ4n) is 4.40.